The fourth-order valence-electron chi connectivity index (χ4n) is 3.30. The van der Waals surface area contributed by atoms with Gasteiger partial charge in [-0.05, 0) is 56.7 Å². The third kappa shape index (κ3) is 4.92. The van der Waals surface area contributed by atoms with Crippen molar-refractivity contribution < 1.29 is 9.18 Å². The number of halogens is 2. The van der Waals surface area contributed by atoms with Crippen LogP contribution in [0.5, 0.6) is 0 Å². The first-order valence-electron chi connectivity index (χ1n) is 8.56. The van der Waals surface area contributed by atoms with Crippen LogP contribution in [0.15, 0.2) is 18.2 Å². The van der Waals surface area contributed by atoms with E-state index in [0.29, 0.717) is 35.5 Å². The van der Waals surface area contributed by atoms with Crippen LogP contribution in [0.1, 0.15) is 44.1 Å². The van der Waals surface area contributed by atoms with E-state index in [1.165, 1.54) is 6.07 Å². The number of nitrogens with zero attached hydrogens (tertiary/aromatic N) is 1. The van der Waals surface area contributed by atoms with Crippen LogP contribution in [-0.2, 0) is 11.3 Å². The number of amides is 1. The molecule has 1 atom stereocenters. The molecule has 0 unspecified atom stereocenters. The van der Waals surface area contributed by atoms with Gasteiger partial charge in [0.15, 0.2) is 0 Å². The lowest BCUT2D eigenvalue weighted by atomic mass is 9.93. The highest BCUT2D eigenvalue weighted by Crippen LogP contribution is 2.26. The normalized spacial score (nSPS) is 22.1. The molecule has 1 heterocycles. The molecule has 126 valence electrons. The summed E-state index contributed by atoms with van der Waals surface area (Å²) < 4.78 is 13.9. The second-order valence-electron chi connectivity index (χ2n) is 6.82. The summed E-state index contributed by atoms with van der Waals surface area (Å²) in [6.07, 6.45) is 6.04. The third-order valence-corrected chi connectivity index (χ3v) is 5.12. The van der Waals surface area contributed by atoms with Crippen LogP contribution in [0.25, 0.3) is 0 Å². The lowest BCUT2D eigenvalue weighted by Crippen LogP contribution is -2.36. The summed E-state index contributed by atoms with van der Waals surface area (Å²) in [4.78, 5) is 14.1. The monoisotopic (exact) mass is 338 g/mol. The van der Waals surface area contributed by atoms with E-state index in [-0.39, 0.29) is 11.7 Å². The van der Waals surface area contributed by atoms with E-state index in [0.717, 1.165) is 45.2 Å². The van der Waals surface area contributed by atoms with Crippen LogP contribution in [0.3, 0.4) is 0 Å². The molecule has 1 saturated carbocycles. The quantitative estimate of drug-likeness (QED) is 0.856. The summed E-state index contributed by atoms with van der Waals surface area (Å²) in [6.45, 7) is 2.44. The average molecular weight is 339 g/mol. The van der Waals surface area contributed by atoms with E-state index >= 15 is 0 Å². The first-order valence-corrected chi connectivity index (χ1v) is 8.94. The zero-order valence-electron chi connectivity index (χ0n) is 13.4. The molecular weight excluding hydrogens is 315 g/mol. The van der Waals surface area contributed by atoms with Crippen molar-refractivity contribution in [2.45, 2.75) is 51.1 Å². The molecule has 3 nitrogen and oxygen atoms in total. The molecule has 2 aliphatic rings. The first kappa shape index (κ1) is 16.7. The second-order valence-corrected chi connectivity index (χ2v) is 7.23. The highest BCUT2D eigenvalue weighted by atomic mass is 35.5. The van der Waals surface area contributed by atoms with Crippen molar-refractivity contribution in [1.29, 1.82) is 0 Å². The van der Waals surface area contributed by atoms with Crippen LogP contribution in [0, 0.1) is 11.7 Å². The van der Waals surface area contributed by atoms with Gasteiger partial charge >= 0.3 is 0 Å². The van der Waals surface area contributed by atoms with Crippen molar-refractivity contribution >= 4 is 17.5 Å². The molecule has 1 N–H and O–H groups in total. The number of hydrogen-bond donors (Lipinski definition) is 1. The maximum atomic E-state index is 13.9. The van der Waals surface area contributed by atoms with Crippen LogP contribution >= 0.6 is 11.6 Å². The van der Waals surface area contributed by atoms with Crippen molar-refractivity contribution in [3.05, 3.63) is 34.6 Å². The lowest BCUT2D eigenvalue weighted by Gasteiger charge is -2.33. The molecular formula is C18H24ClFN2O. The maximum Gasteiger partial charge on any atom is 0.220 e. The Balaban J connectivity index is 1.48. The zero-order chi connectivity index (χ0) is 16.2. The number of carbonyl (C=O) groups excluding carboxylic acids is 1. The molecule has 1 aromatic rings. The van der Waals surface area contributed by atoms with Gasteiger partial charge in [-0.15, -0.1) is 0 Å². The fraction of sp³-hybridized carbons (Fsp3) is 0.611. The molecule has 2 fully saturated rings. The lowest BCUT2D eigenvalue weighted by molar-refractivity contribution is -0.121. The van der Waals surface area contributed by atoms with Gasteiger partial charge in [0, 0.05) is 36.1 Å². The number of benzene rings is 1. The predicted molar refractivity (Wildman–Crippen MR) is 89.8 cm³/mol. The summed E-state index contributed by atoms with van der Waals surface area (Å²) >= 11 is 6.12. The van der Waals surface area contributed by atoms with Gasteiger partial charge in [0.25, 0.3) is 0 Å². The number of hydrogen-bond acceptors (Lipinski definition) is 2. The Morgan fingerprint density at radius 1 is 1.35 bits per heavy atom. The minimum absolute atomic E-state index is 0.182. The van der Waals surface area contributed by atoms with Crippen LogP contribution in [-0.4, -0.2) is 29.9 Å². The van der Waals surface area contributed by atoms with E-state index < -0.39 is 0 Å². The van der Waals surface area contributed by atoms with E-state index in [1.54, 1.807) is 12.1 Å². The van der Waals surface area contributed by atoms with Gasteiger partial charge in [-0.3, -0.25) is 9.69 Å². The van der Waals surface area contributed by atoms with Crippen molar-refractivity contribution in [2.24, 2.45) is 5.92 Å². The Morgan fingerprint density at radius 2 is 2.17 bits per heavy atom. The number of carbonyl (C=O) groups is 1. The summed E-state index contributed by atoms with van der Waals surface area (Å²) in [5, 5.41) is 3.54. The Kier molecular flexibility index (Phi) is 5.54. The van der Waals surface area contributed by atoms with Gasteiger partial charge < -0.3 is 5.32 Å². The van der Waals surface area contributed by atoms with Crippen molar-refractivity contribution in [1.82, 2.24) is 10.2 Å². The van der Waals surface area contributed by atoms with Crippen LogP contribution in [0.2, 0.25) is 5.02 Å². The summed E-state index contributed by atoms with van der Waals surface area (Å²) in [5.74, 6) is 0.462. The van der Waals surface area contributed by atoms with Crippen LogP contribution < -0.4 is 5.32 Å². The van der Waals surface area contributed by atoms with Crippen LogP contribution in [0.4, 0.5) is 4.39 Å². The van der Waals surface area contributed by atoms with Gasteiger partial charge in [0.05, 0.1) is 0 Å². The molecule has 1 saturated heterocycles. The molecule has 23 heavy (non-hydrogen) atoms. The molecule has 0 spiro atoms. The van der Waals surface area contributed by atoms with Crippen molar-refractivity contribution in [3.8, 4) is 0 Å². The summed E-state index contributed by atoms with van der Waals surface area (Å²) in [7, 11) is 0. The topological polar surface area (TPSA) is 32.3 Å². The molecule has 1 aliphatic heterocycles. The average Bonchev–Trinajstić information content (AvgIpc) is 3.33. The molecule has 1 amide bonds. The van der Waals surface area contributed by atoms with Gasteiger partial charge in [0.2, 0.25) is 5.91 Å². The van der Waals surface area contributed by atoms with Crippen molar-refractivity contribution in [2.75, 3.05) is 13.1 Å². The molecule has 3 rings (SSSR count). The minimum atomic E-state index is -0.233. The molecule has 0 bridgehead atoms. The Hall–Kier alpha value is -1.13. The molecule has 5 heteroatoms. The Labute approximate surface area is 142 Å². The maximum absolute atomic E-state index is 13.9. The van der Waals surface area contributed by atoms with Crippen molar-refractivity contribution in [3.63, 3.8) is 0 Å². The number of piperidine rings is 1. The standard InChI is InChI=1S/C18H24ClFN2O/c19-16-4-1-5-17(20)15(16)12-22-10-2-3-13(11-22)6-9-18(23)21-14-7-8-14/h1,4-5,13-14H,2-3,6-12H2,(H,21,23)/t13-/m0/s1. The molecule has 0 aromatic heterocycles. The second kappa shape index (κ2) is 7.63. The first-order chi connectivity index (χ1) is 11.1. The number of rotatable bonds is 6. The van der Waals surface area contributed by atoms with Gasteiger partial charge in [-0.25, -0.2) is 4.39 Å². The predicted octanol–water partition coefficient (Wildman–Crippen LogP) is 3.75. The number of nitrogens with one attached hydrogen (secondary N) is 1. The smallest absolute Gasteiger partial charge is 0.220 e. The van der Waals surface area contributed by atoms with E-state index in [9.17, 15) is 9.18 Å². The molecule has 1 aromatic carbocycles. The fourth-order valence-corrected chi connectivity index (χ4v) is 3.52. The largest absolute Gasteiger partial charge is 0.353 e. The highest BCUT2D eigenvalue weighted by Gasteiger charge is 2.25. The van der Waals surface area contributed by atoms with E-state index in [1.807, 2.05) is 0 Å². The SMILES string of the molecule is O=C(CC[C@@H]1CCCN(Cc2c(F)cccc2Cl)C1)NC1CC1. The Morgan fingerprint density at radius 3 is 2.91 bits per heavy atom. The summed E-state index contributed by atoms with van der Waals surface area (Å²) in [6, 6.07) is 5.28. The number of likely N-dealkylation sites (tertiary alicyclic amines) is 1. The molecule has 1 aliphatic carbocycles. The highest BCUT2D eigenvalue weighted by molar-refractivity contribution is 6.31. The van der Waals surface area contributed by atoms with Gasteiger partial charge in [0.1, 0.15) is 5.82 Å². The third-order valence-electron chi connectivity index (χ3n) is 4.77. The minimum Gasteiger partial charge on any atom is -0.353 e. The Bertz CT molecular complexity index is 542. The van der Waals surface area contributed by atoms with E-state index in [4.69, 9.17) is 11.6 Å². The zero-order valence-corrected chi connectivity index (χ0v) is 14.1. The van der Waals surface area contributed by atoms with E-state index in [2.05, 4.69) is 10.2 Å². The van der Waals surface area contributed by atoms with Gasteiger partial charge in [-0.1, -0.05) is 17.7 Å². The van der Waals surface area contributed by atoms with Gasteiger partial charge in [-0.2, -0.15) is 0 Å². The molecule has 0 radical (unpaired) electrons. The summed E-state index contributed by atoms with van der Waals surface area (Å²) in [5.41, 5.74) is 0.585.